The maximum Gasteiger partial charge on any atom is 0.309 e. The summed E-state index contributed by atoms with van der Waals surface area (Å²) in [7, 11) is 4.84. The van der Waals surface area contributed by atoms with Crippen LogP contribution >= 0.6 is 0 Å². The van der Waals surface area contributed by atoms with Crippen molar-refractivity contribution in [3.8, 4) is 0 Å². The van der Waals surface area contributed by atoms with Crippen molar-refractivity contribution in [1.82, 2.24) is 4.90 Å². The first-order valence-corrected chi connectivity index (χ1v) is 19.5. The van der Waals surface area contributed by atoms with E-state index in [-0.39, 0.29) is 31.5 Å². The monoisotopic (exact) mass is 801 g/mol. The molecule has 0 bridgehead atoms. The molecule has 3 fully saturated rings. The molecule has 17 nitrogen and oxygen atoms in total. The SMILES string of the molecule is CO[C@H]1[C@@H](OC2OC(C)C(OC3CC(C)(O)C(OC(C)=O)C(C)O3)C(N(C)C)C2O)[C@@H](CC=O)C[C@@H](C)[C@@H](O)/C=C/[C@H]2O[C@H]2C[C@@H](C)OC(=O)C[C@H]1OC(C)=O. The van der Waals surface area contributed by atoms with Crippen LogP contribution in [0.5, 0.6) is 0 Å². The van der Waals surface area contributed by atoms with Gasteiger partial charge in [0.25, 0.3) is 0 Å². The van der Waals surface area contributed by atoms with Gasteiger partial charge in [-0.2, -0.15) is 0 Å². The Morgan fingerprint density at radius 3 is 2.21 bits per heavy atom. The van der Waals surface area contributed by atoms with Crippen LogP contribution in [0.25, 0.3) is 0 Å². The number of ether oxygens (including phenoxy) is 9. The molecule has 4 rings (SSSR count). The second kappa shape index (κ2) is 19.9. The van der Waals surface area contributed by atoms with Gasteiger partial charge in [0, 0.05) is 40.2 Å². The second-order valence-electron chi connectivity index (χ2n) is 16.2. The number of nitrogens with zero attached hydrogens (tertiary/aromatic N) is 1. The molecule has 320 valence electrons. The van der Waals surface area contributed by atoms with Gasteiger partial charge in [0.05, 0.1) is 43.0 Å². The van der Waals surface area contributed by atoms with Gasteiger partial charge in [0.1, 0.15) is 48.5 Å². The first-order valence-electron chi connectivity index (χ1n) is 19.5. The fraction of sp³-hybridized carbons (Fsp3) is 0.846. The smallest absolute Gasteiger partial charge is 0.309 e. The third kappa shape index (κ3) is 12.0. The molecule has 4 aliphatic rings. The van der Waals surface area contributed by atoms with Crippen molar-refractivity contribution in [3.63, 3.8) is 0 Å². The molecule has 0 spiro atoms. The molecular formula is C39H63NO16. The number of carbonyl (C=O) groups excluding carboxylic acids is 4. The summed E-state index contributed by atoms with van der Waals surface area (Å²) in [6.45, 7) is 10.9. The van der Waals surface area contributed by atoms with Gasteiger partial charge in [-0.25, -0.2) is 0 Å². The molecule has 17 heteroatoms. The van der Waals surface area contributed by atoms with Crippen molar-refractivity contribution in [2.75, 3.05) is 21.2 Å². The van der Waals surface area contributed by atoms with Crippen LogP contribution in [0, 0.1) is 11.8 Å². The van der Waals surface area contributed by atoms with E-state index >= 15 is 0 Å². The number of likely N-dealkylation sites (N-methyl/N-ethyl adjacent to an activating group) is 1. The predicted octanol–water partition coefficient (Wildman–Crippen LogP) is 1.20. The zero-order valence-corrected chi connectivity index (χ0v) is 34.2. The second-order valence-corrected chi connectivity index (χ2v) is 16.2. The van der Waals surface area contributed by atoms with E-state index in [1.807, 2.05) is 6.92 Å². The van der Waals surface area contributed by atoms with Crippen LogP contribution in [-0.2, 0) is 61.8 Å². The summed E-state index contributed by atoms with van der Waals surface area (Å²) in [5.41, 5.74) is -1.49. The zero-order chi connectivity index (χ0) is 41.6. The minimum Gasteiger partial charge on any atom is -0.462 e. The largest absolute Gasteiger partial charge is 0.462 e. The third-order valence-electron chi connectivity index (χ3n) is 11.0. The van der Waals surface area contributed by atoms with Gasteiger partial charge in [0.15, 0.2) is 18.7 Å². The van der Waals surface area contributed by atoms with Crippen molar-refractivity contribution in [2.24, 2.45) is 11.8 Å². The maximum absolute atomic E-state index is 13.3. The van der Waals surface area contributed by atoms with Gasteiger partial charge in [-0.3, -0.25) is 14.4 Å². The number of epoxide rings is 1. The summed E-state index contributed by atoms with van der Waals surface area (Å²) in [6, 6.07) is -0.782. The lowest BCUT2D eigenvalue weighted by Gasteiger charge is -2.50. The Morgan fingerprint density at radius 1 is 0.946 bits per heavy atom. The number of fused-ring (bicyclic) bond motifs is 1. The number of aldehydes is 1. The number of hydrogen-bond donors (Lipinski definition) is 3. The van der Waals surface area contributed by atoms with E-state index in [9.17, 15) is 34.5 Å². The summed E-state index contributed by atoms with van der Waals surface area (Å²) >= 11 is 0. The van der Waals surface area contributed by atoms with Crippen molar-refractivity contribution < 1.29 is 77.1 Å². The van der Waals surface area contributed by atoms with Crippen LogP contribution in [0.15, 0.2) is 12.2 Å². The number of rotatable bonds is 10. The summed E-state index contributed by atoms with van der Waals surface area (Å²) in [5.74, 6) is -3.04. The molecule has 4 aliphatic heterocycles. The Kier molecular flexibility index (Phi) is 16.4. The Hall–Kier alpha value is -2.58. The normalized spacial score (nSPS) is 44.5. The number of aliphatic hydroxyl groups excluding tert-OH is 2. The number of carbonyl (C=O) groups is 4. The highest BCUT2D eigenvalue weighted by Crippen LogP contribution is 2.38. The molecule has 0 aromatic heterocycles. The highest BCUT2D eigenvalue weighted by Gasteiger charge is 2.53. The van der Waals surface area contributed by atoms with Gasteiger partial charge in [-0.1, -0.05) is 19.1 Å². The summed E-state index contributed by atoms with van der Waals surface area (Å²) in [6.07, 6.45) is -8.25. The highest BCUT2D eigenvalue weighted by molar-refractivity contribution is 5.72. The number of aliphatic hydroxyl groups is 3. The van der Waals surface area contributed by atoms with E-state index in [0.717, 1.165) is 0 Å². The fourth-order valence-electron chi connectivity index (χ4n) is 8.27. The molecule has 3 saturated heterocycles. The van der Waals surface area contributed by atoms with Crippen LogP contribution < -0.4 is 0 Å². The Morgan fingerprint density at radius 2 is 1.62 bits per heavy atom. The van der Waals surface area contributed by atoms with Gasteiger partial charge in [0.2, 0.25) is 0 Å². The molecule has 0 amide bonds. The lowest BCUT2D eigenvalue weighted by atomic mass is 9.82. The van der Waals surface area contributed by atoms with E-state index in [2.05, 4.69) is 0 Å². The minimum absolute atomic E-state index is 0.0497. The number of esters is 3. The van der Waals surface area contributed by atoms with Crippen LogP contribution in [0.3, 0.4) is 0 Å². The summed E-state index contributed by atoms with van der Waals surface area (Å²) in [5, 5.41) is 34.4. The molecule has 9 unspecified atom stereocenters. The molecule has 3 N–H and O–H groups in total. The first kappa shape index (κ1) is 46.1. The first-order chi connectivity index (χ1) is 26.3. The van der Waals surface area contributed by atoms with Crippen LogP contribution in [-0.4, -0.2) is 163 Å². The zero-order valence-electron chi connectivity index (χ0n) is 34.2. The molecule has 0 aliphatic carbocycles. The van der Waals surface area contributed by atoms with Gasteiger partial charge in [-0.05, 0) is 60.0 Å². The van der Waals surface area contributed by atoms with Gasteiger partial charge >= 0.3 is 17.9 Å². The van der Waals surface area contributed by atoms with E-state index < -0.39 is 121 Å². The molecule has 0 saturated carbocycles. The fourth-order valence-corrected chi connectivity index (χ4v) is 8.27. The Balaban J connectivity index is 1.66. The summed E-state index contributed by atoms with van der Waals surface area (Å²) < 4.78 is 53.8. The van der Waals surface area contributed by atoms with E-state index in [1.54, 1.807) is 51.9 Å². The topological polar surface area (TPSA) is 219 Å². The van der Waals surface area contributed by atoms with Crippen molar-refractivity contribution in [2.45, 2.75) is 178 Å². The average Bonchev–Trinajstić information content (AvgIpc) is 3.82. The van der Waals surface area contributed by atoms with E-state index in [0.29, 0.717) is 12.7 Å². The van der Waals surface area contributed by atoms with Crippen molar-refractivity contribution >= 4 is 24.2 Å². The number of methoxy groups -OCH3 is 1. The minimum atomic E-state index is -1.49. The highest BCUT2D eigenvalue weighted by atomic mass is 16.7. The molecular weight excluding hydrogens is 738 g/mol. The molecule has 0 aromatic rings. The Labute approximate surface area is 329 Å². The van der Waals surface area contributed by atoms with Gasteiger partial charge in [-0.15, -0.1) is 0 Å². The van der Waals surface area contributed by atoms with Crippen LogP contribution in [0.4, 0.5) is 0 Å². The predicted molar refractivity (Wildman–Crippen MR) is 196 cm³/mol. The standard InChI is InChI=1S/C39H63NO16/c1-19-15-25(13-14-41)35(36(48-10)29(52-23(5)42)17-30(45)49-20(2)16-28-27(54-28)12-11-26(19)44)56-38-33(46)32(40(8)9)34(21(3)51-38)55-31-18-39(7,47)37(22(4)50-31)53-24(6)43/h11-12,14,19-22,25-29,31-38,44,46-47H,13,15-18H2,1-10H3/b12-11+/t19-,20-,21?,22?,25+,26+,27-,28+,29-,31?,32?,33?,34?,35+,36-,37?,38?,39?/m1/s1. The lowest BCUT2D eigenvalue weighted by molar-refractivity contribution is -0.344. The van der Waals surface area contributed by atoms with E-state index in [1.165, 1.54) is 27.9 Å². The van der Waals surface area contributed by atoms with Gasteiger partial charge < -0.3 is 67.6 Å². The van der Waals surface area contributed by atoms with Crippen LogP contribution in [0.2, 0.25) is 0 Å². The van der Waals surface area contributed by atoms with E-state index in [4.69, 9.17) is 42.6 Å². The molecule has 0 aromatic carbocycles. The quantitative estimate of drug-likeness (QED) is 0.0929. The molecule has 18 atom stereocenters. The number of cyclic esters (lactones) is 1. The van der Waals surface area contributed by atoms with Crippen molar-refractivity contribution in [1.29, 1.82) is 0 Å². The Bertz CT molecular complexity index is 1360. The maximum atomic E-state index is 13.3. The molecule has 56 heavy (non-hydrogen) atoms. The number of hydrogen-bond acceptors (Lipinski definition) is 17. The van der Waals surface area contributed by atoms with Crippen LogP contribution in [0.1, 0.15) is 80.6 Å². The van der Waals surface area contributed by atoms with Crippen molar-refractivity contribution in [3.05, 3.63) is 12.2 Å². The lowest BCUT2D eigenvalue weighted by Crippen LogP contribution is -2.66. The molecule has 0 radical (unpaired) electrons. The molecule has 4 heterocycles. The summed E-state index contributed by atoms with van der Waals surface area (Å²) in [4.78, 5) is 51.5. The average molecular weight is 802 g/mol. The third-order valence-corrected chi connectivity index (χ3v) is 11.0.